The number of carbonyl (C=O) groups is 2. The number of likely N-dealkylation sites (tertiary alicyclic amines) is 1. The number of para-hydroxylation sites is 1. The number of amides is 2. The van der Waals surface area contributed by atoms with E-state index in [2.05, 4.69) is 0 Å². The number of hydrogen-bond acceptors (Lipinski definition) is 3. The monoisotopic (exact) mass is 288 g/mol. The first-order chi connectivity index (χ1) is 10.1. The highest BCUT2D eigenvalue weighted by Crippen LogP contribution is 2.20. The van der Waals surface area contributed by atoms with E-state index in [1.165, 1.54) is 0 Å². The molecule has 5 nitrogen and oxygen atoms in total. The number of benzene rings is 1. The molecule has 21 heavy (non-hydrogen) atoms. The highest BCUT2D eigenvalue weighted by Gasteiger charge is 2.24. The second-order valence-corrected chi connectivity index (χ2v) is 5.08. The molecule has 0 unspecified atom stereocenters. The third kappa shape index (κ3) is 3.84. The molecule has 1 heterocycles. The van der Waals surface area contributed by atoms with Crippen LogP contribution in [0.25, 0.3) is 6.08 Å². The van der Waals surface area contributed by atoms with Gasteiger partial charge in [0.25, 0.3) is 0 Å². The van der Waals surface area contributed by atoms with Crippen molar-refractivity contribution in [1.82, 2.24) is 4.90 Å². The number of nitrogens with zero attached hydrogens (tertiary/aromatic N) is 1. The zero-order chi connectivity index (χ0) is 15.2. The van der Waals surface area contributed by atoms with E-state index >= 15 is 0 Å². The molecule has 0 aliphatic carbocycles. The van der Waals surface area contributed by atoms with Crippen LogP contribution in [-0.2, 0) is 9.59 Å². The van der Waals surface area contributed by atoms with Crippen molar-refractivity contribution in [3.63, 3.8) is 0 Å². The number of primary amides is 1. The van der Waals surface area contributed by atoms with E-state index in [1.807, 2.05) is 24.3 Å². The lowest BCUT2D eigenvalue weighted by Crippen LogP contribution is -2.41. The van der Waals surface area contributed by atoms with Gasteiger partial charge in [0.1, 0.15) is 5.75 Å². The maximum Gasteiger partial charge on any atom is 0.246 e. The van der Waals surface area contributed by atoms with Crippen LogP contribution < -0.4 is 10.5 Å². The SMILES string of the molecule is COc1ccccc1C=CC(=O)N1CCC(C(N)=O)CC1. The van der Waals surface area contributed by atoms with Gasteiger partial charge in [0.05, 0.1) is 7.11 Å². The Balaban J connectivity index is 1.96. The molecular weight excluding hydrogens is 268 g/mol. The summed E-state index contributed by atoms with van der Waals surface area (Å²) in [5.74, 6) is 0.303. The second-order valence-electron chi connectivity index (χ2n) is 5.08. The lowest BCUT2D eigenvalue weighted by Gasteiger charge is -2.29. The fraction of sp³-hybridized carbons (Fsp3) is 0.375. The summed E-state index contributed by atoms with van der Waals surface area (Å²) in [6.07, 6.45) is 4.58. The first-order valence-corrected chi connectivity index (χ1v) is 7.01. The molecule has 0 bridgehead atoms. The third-order valence-corrected chi connectivity index (χ3v) is 3.75. The van der Waals surface area contributed by atoms with E-state index in [-0.39, 0.29) is 17.7 Å². The Labute approximate surface area is 124 Å². The van der Waals surface area contributed by atoms with Crippen LogP contribution in [0.5, 0.6) is 5.75 Å². The van der Waals surface area contributed by atoms with Crippen molar-refractivity contribution in [3.8, 4) is 5.75 Å². The van der Waals surface area contributed by atoms with Gasteiger partial charge in [-0.25, -0.2) is 0 Å². The van der Waals surface area contributed by atoms with E-state index in [1.54, 1.807) is 24.2 Å². The van der Waals surface area contributed by atoms with Gasteiger partial charge in [0.2, 0.25) is 11.8 Å². The van der Waals surface area contributed by atoms with Crippen LogP contribution in [0, 0.1) is 5.92 Å². The Morgan fingerprint density at radius 2 is 1.95 bits per heavy atom. The molecule has 112 valence electrons. The number of rotatable bonds is 4. The molecule has 0 saturated carbocycles. The van der Waals surface area contributed by atoms with E-state index in [4.69, 9.17) is 10.5 Å². The minimum Gasteiger partial charge on any atom is -0.496 e. The van der Waals surface area contributed by atoms with Gasteiger partial charge >= 0.3 is 0 Å². The second kappa shape index (κ2) is 6.92. The Bertz CT molecular complexity index is 546. The van der Waals surface area contributed by atoms with Crippen molar-refractivity contribution in [3.05, 3.63) is 35.9 Å². The van der Waals surface area contributed by atoms with Gasteiger partial charge in [-0.1, -0.05) is 18.2 Å². The molecule has 5 heteroatoms. The quantitative estimate of drug-likeness (QED) is 0.852. The summed E-state index contributed by atoms with van der Waals surface area (Å²) in [4.78, 5) is 25.0. The third-order valence-electron chi connectivity index (χ3n) is 3.75. The lowest BCUT2D eigenvalue weighted by atomic mass is 9.96. The Morgan fingerprint density at radius 3 is 2.57 bits per heavy atom. The van der Waals surface area contributed by atoms with Gasteiger partial charge in [0, 0.05) is 30.6 Å². The van der Waals surface area contributed by atoms with Crippen molar-refractivity contribution in [1.29, 1.82) is 0 Å². The molecule has 2 rings (SSSR count). The summed E-state index contributed by atoms with van der Waals surface area (Å²) in [5.41, 5.74) is 6.15. The first kappa shape index (κ1) is 15.1. The summed E-state index contributed by atoms with van der Waals surface area (Å²) in [6, 6.07) is 7.52. The Morgan fingerprint density at radius 1 is 1.29 bits per heavy atom. The fourth-order valence-electron chi connectivity index (χ4n) is 2.45. The van der Waals surface area contributed by atoms with Gasteiger partial charge in [-0.2, -0.15) is 0 Å². The van der Waals surface area contributed by atoms with Crippen molar-refractivity contribution >= 4 is 17.9 Å². The van der Waals surface area contributed by atoms with Crippen LogP contribution in [0.1, 0.15) is 18.4 Å². The highest BCUT2D eigenvalue weighted by atomic mass is 16.5. The van der Waals surface area contributed by atoms with E-state index in [0.717, 1.165) is 11.3 Å². The maximum atomic E-state index is 12.1. The van der Waals surface area contributed by atoms with Crippen LogP contribution in [0.4, 0.5) is 0 Å². The van der Waals surface area contributed by atoms with Crippen molar-refractivity contribution < 1.29 is 14.3 Å². The van der Waals surface area contributed by atoms with Gasteiger partial charge in [-0.05, 0) is 25.0 Å². The van der Waals surface area contributed by atoms with Crippen molar-refractivity contribution in [2.75, 3.05) is 20.2 Å². The average Bonchev–Trinajstić information content (AvgIpc) is 2.52. The number of nitrogens with two attached hydrogens (primary N) is 1. The standard InChI is InChI=1S/C16H20N2O3/c1-21-14-5-3-2-4-12(14)6-7-15(19)18-10-8-13(9-11-18)16(17)20/h2-7,13H,8-11H2,1H3,(H2,17,20). The molecule has 0 radical (unpaired) electrons. The predicted octanol–water partition coefficient (Wildman–Crippen LogP) is 1.43. The summed E-state index contributed by atoms with van der Waals surface area (Å²) in [5, 5.41) is 0. The summed E-state index contributed by atoms with van der Waals surface area (Å²) >= 11 is 0. The minimum atomic E-state index is -0.272. The van der Waals surface area contributed by atoms with Crippen molar-refractivity contribution in [2.45, 2.75) is 12.8 Å². The molecule has 1 aliphatic rings. The van der Waals surface area contributed by atoms with E-state index < -0.39 is 0 Å². The van der Waals surface area contributed by atoms with Crippen LogP contribution >= 0.6 is 0 Å². The lowest BCUT2D eigenvalue weighted by molar-refractivity contribution is -0.130. The molecule has 0 spiro atoms. The topological polar surface area (TPSA) is 72.6 Å². The maximum absolute atomic E-state index is 12.1. The largest absolute Gasteiger partial charge is 0.496 e. The molecule has 0 aromatic heterocycles. The van der Waals surface area contributed by atoms with Gasteiger partial charge in [-0.3, -0.25) is 9.59 Å². The fourth-order valence-corrected chi connectivity index (χ4v) is 2.45. The molecule has 1 aromatic carbocycles. The molecule has 1 aromatic rings. The van der Waals surface area contributed by atoms with E-state index in [9.17, 15) is 9.59 Å². The number of hydrogen-bond donors (Lipinski definition) is 1. The van der Waals surface area contributed by atoms with Crippen LogP contribution in [0.2, 0.25) is 0 Å². The number of piperidine rings is 1. The molecule has 1 saturated heterocycles. The molecular formula is C16H20N2O3. The molecule has 1 fully saturated rings. The number of methoxy groups -OCH3 is 1. The van der Waals surface area contributed by atoms with Crippen LogP contribution in [-0.4, -0.2) is 36.9 Å². The van der Waals surface area contributed by atoms with Gasteiger partial charge in [0.15, 0.2) is 0 Å². The Hall–Kier alpha value is -2.30. The van der Waals surface area contributed by atoms with E-state index in [0.29, 0.717) is 25.9 Å². The summed E-state index contributed by atoms with van der Waals surface area (Å²) in [7, 11) is 1.60. The Kier molecular flexibility index (Phi) is 4.98. The van der Waals surface area contributed by atoms with Crippen LogP contribution in [0.3, 0.4) is 0 Å². The molecule has 1 aliphatic heterocycles. The first-order valence-electron chi connectivity index (χ1n) is 7.01. The molecule has 2 N–H and O–H groups in total. The smallest absolute Gasteiger partial charge is 0.246 e. The zero-order valence-corrected chi connectivity index (χ0v) is 12.1. The summed E-state index contributed by atoms with van der Waals surface area (Å²) < 4.78 is 5.24. The van der Waals surface area contributed by atoms with Gasteiger partial charge in [-0.15, -0.1) is 0 Å². The normalized spacial score (nSPS) is 16.1. The highest BCUT2D eigenvalue weighted by molar-refractivity contribution is 5.92. The van der Waals surface area contributed by atoms with Crippen molar-refractivity contribution in [2.24, 2.45) is 11.7 Å². The molecule has 0 atom stereocenters. The summed E-state index contributed by atoms with van der Waals surface area (Å²) in [6.45, 7) is 1.14. The molecule has 2 amide bonds. The minimum absolute atomic E-state index is 0.0520. The number of carbonyl (C=O) groups excluding carboxylic acids is 2. The van der Waals surface area contributed by atoms with Crippen LogP contribution in [0.15, 0.2) is 30.3 Å². The number of ether oxygens (including phenoxy) is 1. The predicted molar refractivity (Wildman–Crippen MR) is 80.5 cm³/mol. The van der Waals surface area contributed by atoms with Gasteiger partial charge < -0.3 is 15.4 Å². The average molecular weight is 288 g/mol. The zero-order valence-electron chi connectivity index (χ0n) is 12.1.